The molecule has 118 valence electrons. The van der Waals surface area contributed by atoms with E-state index in [2.05, 4.69) is 12.2 Å². The van der Waals surface area contributed by atoms with Crippen molar-refractivity contribution in [2.45, 2.75) is 18.8 Å². The molecule has 0 amide bonds. The summed E-state index contributed by atoms with van der Waals surface area (Å²) < 4.78 is 74.4. The SMILES string of the molecule is CN(CCC(F)(F)F)c1ccc(C(F)(F)F)cc1C(N)=S. The van der Waals surface area contributed by atoms with Crippen molar-refractivity contribution in [3.63, 3.8) is 0 Å². The third-order valence-electron chi connectivity index (χ3n) is 2.73. The fourth-order valence-corrected chi connectivity index (χ4v) is 1.82. The van der Waals surface area contributed by atoms with E-state index in [1.54, 1.807) is 0 Å². The van der Waals surface area contributed by atoms with Gasteiger partial charge in [-0.15, -0.1) is 0 Å². The van der Waals surface area contributed by atoms with Crippen LogP contribution in [0.2, 0.25) is 0 Å². The maximum atomic E-state index is 12.6. The largest absolute Gasteiger partial charge is 0.416 e. The summed E-state index contributed by atoms with van der Waals surface area (Å²) in [5.41, 5.74) is 4.42. The highest BCUT2D eigenvalue weighted by Gasteiger charge is 2.32. The molecule has 0 fully saturated rings. The maximum Gasteiger partial charge on any atom is 0.416 e. The van der Waals surface area contributed by atoms with E-state index in [-0.39, 0.29) is 16.2 Å². The summed E-state index contributed by atoms with van der Waals surface area (Å²) in [6, 6.07) is 2.58. The Bertz CT molecular complexity index is 523. The average molecular weight is 330 g/mol. The van der Waals surface area contributed by atoms with Crippen LogP contribution < -0.4 is 10.6 Å². The molecule has 0 aliphatic rings. The van der Waals surface area contributed by atoms with Gasteiger partial charge in [0.25, 0.3) is 0 Å². The second-order valence-electron chi connectivity index (χ2n) is 4.38. The monoisotopic (exact) mass is 330 g/mol. The second kappa shape index (κ2) is 6.08. The Balaban J connectivity index is 3.09. The number of thiocarbonyl (C=S) groups is 1. The molecular formula is C12H12F6N2S. The molecule has 1 aromatic rings. The summed E-state index contributed by atoms with van der Waals surface area (Å²) in [4.78, 5) is 0.859. The number of rotatable bonds is 4. The maximum absolute atomic E-state index is 12.6. The van der Waals surface area contributed by atoms with Crippen molar-refractivity contribution in [1.29, 1.82) is 0 Å². The van der Waals surface area contributed by atoms with E-state index in [1.807, 2.05) is 0 Å². The first-order chi connectivity index (χ1) is 9.42. The van der Waals surface area contributed by atoms with Crippen molar-refractivity contribution < 1.29 is 26.3 Å². The van der Waals surface area contributed by atoms with Gasteiger partial charge in [0.15, 0.2) is 0 Å². The highest BCUT2D eigenvalue weighted by molar-refractivity contribution is 7.80. The van der Waals surface area contributed by atoms with Crippen LogP contribution in [0.1, 0.15) is 17.5 Å². The molecule has 9 heteroatoms. The zero-order valence-corrected chi connectivity index (χ0v) is 11.7. The molecule has 0 bridgehead atoms. The molecule has 0 atom stereocenters. The summed E-state index contributed by atoms with van der Waals surface area (Å²) in [6.45, 7) is -0.412. The Hall–Kier alpha value is -1.51. The highest BCUT2D eigenvalue weighted by Crippen LogP contribution is 2.33. The van der Waals surface area contributed by atoms with Crippen LogP contribution >= 0.6 is 12.2 Å². The highest BCUT2D eigenvalue weighted by atomic mass is 32.1. The van der Waals surface area contributed by atoms with E-state index < -0.39 is 30.9 Å². The molecule has 0 aliphatic carbocycles. The number of hydrogen-bond acceptors (Lipinski definition) is 2. The second-order valence-corrected chi connectivity index (χ2v) is 4.82. The van der Waals surface area contributed by atoms with Crippen molar-refractivity contribution >= 4 is 22.9 Å². The van der Waals surface area contributed by atoms with Gasteiger partial charge in [0.05, 0.1) is 12.0 Å². The first-order valence-electron chi connectivity index (χ1n) is 5.71. The van der Waals surface area contributed by atoms with Gasteiger partial charge < -0.3 is 10.6 Å². The Morgan fingerprint density at radius 1 is 1.19 bits per heavy atom. The molecule has 0 spiro atoms. The Kier molecular flexibility index (Phi) is 5.08. The molecule has 0 saturated carbocycles. The van der Waals surface area contributed by atoms with Crippen LogP contribution in [0.4, 0.5) is 32.0 Å². The molecule has 2 nitrogen and oxygen atoms in total. The minimum Gasteiger partial charge on any atom is -0.389 e. The smallest absolute Gasteiger partial charge is 0.389 e. The van der Waals surface area contributed by atoms with Gasteiger partial charge in [-0.3, -0.25) is 0 Å². The number of hydrogen-bond donors (Lipinski definition) is 1. The minimum absolute atomic E-state index is 0.107. The fourth-order valence-electron chi connectivity index (χ4n) is 1.66. The summed E-state index contributed by atoms with van der Waals surface area (Å²) in [6.07, 6.45) is -10.0. The number of benzene rings is 1. The molecule has 0 radical (unpaired) electrons. The number of anilines is 1. The van der Waals surface area contributed by atoms with Gasteiger partial charge in [0, 0.05) is 24.8 Å². The van der Waals surface area contributed by atoms with Gasteiger partial charge in [-0.05, 0) is 18.2 Å². The van der Waals surface area contributed by atoms with Crippen molar-refractivity contribution in [2.24, 2.45) is 5.73 Å². The third-order valence-corrected chi connectivity index (χ3v) is 2.95. The normalized spacial score (nSPS) is 12.3. The summed E-state index contributed by atoms with van der Waals surface area (Å²) in [5, 5.41) is 0. The summed E-state index contributed by atoms with van der Waals surface area (Å²) in [5.74, 6) is 0. The summed E-state index contributed by atoms with van der Waals surface area (Å²) >= 11 is 4.67. The molecule has 1 aromatic carbocycles. The lowest BCUT2D eigenvalue weighted by molar-refractivity contribution is -0.137. The molecule has 21 heavy (non-hydrogen) atoms. The summed E-state index contributed by atoms with van der Waals surface area (Å²) in [7, 11) is 1.33. The van der Waals surface area contributed by atoms with Crippen molar-refractivity contribution in [3.8, 4) is 0 Å². The van der Waals surface area contributed by atoms with E-state index in [0.29, 0.717) is 0 Å². The predicted molar refractivity (Wildman–Crippen MR) is 71.3 cm³/mol. The van der Waals surface area contributed by atoms with Crippen LogP contribution in [-0.4, -0.2) is 24.8 Å². The van der Waals surface area contributed by atoms with Crippen LogP contribution in [0, 0.1) is 0 Å². The predicted octanol–water partition coefficient (Wildman–Crippen LogP) is 3.73. The molecule has 0 saturated heterocycles. The van der Waals surface area contributed by atoms with Crippen molar-refractivity contribution in [3.05, 3.63) is 29.3 Å². The Morgan fingerprint density at radius 2 is 1.76 bits per heavy atom. The fraction of sp³-hybridized carbons (Fsp3) is 0.417. The van der Waals surface area contributed by atoms with E-state index in [9.17, 15) is 26.3 Å². The molecule has 1 rings (SSSR count). The van der Waals surface area contributed by atoms with Gasteiger partial charge in [-0.25, -0.2) is 0 Å². The van der Waals surface area contributed by atoms with E-state index in [4.69, 9.17) is 5.73 Å². The minimum atomic E-state index is -4.58. The average Bonchev–Trinajstić information content (AvgIpc) is 2.33. The van der Waals surface area contributed by atoms with Crippen molar-refractivity contribution in [2.75, 3.05) is 18.5 Å². The van der Waals surface area contributed by atoms with E-state index in [0.717, 1.165) is 18.2 Å². The van der Waals surface area contributed by atoms with Crippen LogP contribution in [-0.2, 0) is 6.18 Å². The standard InChI is InChI=1S/C12H12F6N2S/c1-20(5-4-11(13,14)15)9-3-2-7(12(16,17)18)6-8(9)10(19)21/h2-3,6H,4-5H2,1H3,(H2,19,21). The van der Waals surface area contributed by atoms with Gasteiger partial charge in [-0.2, -0.15) is 26.3 Å². The van der Waals surface area contributed by atoms with Crippen LogP contribution in [0.25, 0.3) is 0 Å². The van der Waals surface area contributed by atoms with Crippen LogP contribution in [0.3, 0.4) is 0 Å². The quantitative estimate of drug-likeness (QED) is 0.674. The lowest BCUT2D eigenvalue weighted by Crippen LogP contribution is -2.27. The molecule has 0 aliphatic heterocycles. The molecule has 0 unspecified atom stereocenters. The Morgan fingerprint density at radius 3 is 2.19 bits per heavy atom. The first-order valence-corrected chi connectivity index (χ1v) is 6.11. The van der Waals surface area contributed by atoms with E-state index >= 15 is 0 Å². The molecule has 2 N–H and O–H groups in total. The van der Waals surface area contributed by atoms with Crippen molar-refractivity contribution in [1.82, 2.24) is 0 Å². The zero-order valence-electron chi connectivity index (χ0n) is 10.8. The van der Waals surface area contributed by atoms with Crippen LogP contribution in [0.15, 0.2) is 18.2 Å². The zero-order chi connectivity index (χ0) is 16.4. The number of halogens is 6. The lowest BCUT2D eigenvalue weighted by atomic mass is 10.1. The topological polar surface area (TPSA) is 29.3 Å². The van der Waals surface area contributed by atoms with Gasteiger partial charge in [0.2, 0.25) is 0 Å². The number of nitrogens with two attached hydrogens (primary N) is 1. The van der Waals surface area contributed by atoms with Gasteiger partial charge in [0.1, 0.15) is 4.99 Å². The van der Waals surface area contributed by atoms with Gasteiger partial charge >= 0.3 is 12.4 Å². The Labute approximate surface area is 122 Å². The molecule has 0 aromatic heterocycles. The molecular weight excluding hydrogens is 318 g/mol. The number of nitrogens with zero attached hydrogens (tertiary/aromatic N) is 1. The number of alkyl halides is 6. The lowest BCUT2D eigenvalue weighted by Gasteiger charge is -2.23. The molecule has 0 heterocycles. The van der Waals surface area contributed by atoms with Crippen LogP contribution in [0.5, 0.6) is 0 Å². The van der Waals surface area contributed by atoms with E-state index in [1.165, 1.54) is 11.9 Å². The first kappa shape index (κ1) is 17.5. The van der Waals surface area contributed by atoms with Gasteiger partial charge in [-0.1, -0.05) is 12.2 Å². The third kappa shape index (κ3) is 5.07.